The Hall–Kier alpha value is -2.24. The van der Waals surface area contributed by atoms with Gasteiger partial charge < -0.3 is 15.2 Å². The SMILES string of the molecule is CCCn1ccc(CNc2cnn(CC(=O)NC)c2)c1. The van der Waals surface area contributed by atoms with Crippen LogP contribution in [0.3, 0.4) is 0 Å². The molecule has 0 aromatic carbocycles. The molecule has 0 bridgehead atoms. The van der Waals surface area contributed by atoms with Crippen LogP contribution in [0, 0.1) is 0 Å². The molecule has 0 unspecified atom stereocenters. The number of aromatic nitrogens is 3. The number of aryl methyl sites for hydroxylation is 1. The number of nitrogens with one attached hydrogen (secondary N) is 2. The van der Waals surface area contributed by atoms with Gasteiger partial charge in [0, 0.05) is 38.7 Å². The minimum Gasteiger partial charge on any atom is -0.378 e. The molecule has 6 heteroatoms. The summed E-state index contributed by atoms with van der Waals surface area (Å²) in [6.45, 7) is 4.20. The molecule has 0 aliphatic rings. The molecule has 2 rings (SSSR count). The zero-order valence-corrected chi connectivity index (χ0v) is 12.0. The van der Waals surface area contributed by atoms with Crippen molar-refractivity contribution in [3.63, 3.8) is 0 Å². The van der Waals surface area contributed by atoms with Crippen molar-refractivity contribution in [1.29, 1.82) is 0 Å². The van der Waals surface area contributed by atoms with Crippen LogP contribution in [-0.4, -0.2) is 27.3 Å². The molecule has 0 saturated heterocycles. The van der Waals surface area contributed by atoms with Gasteiger partial charge in [0.1, 0.15) is 6.54 Å². The predicted octanol–water partition coefficient (Wildman–Crippen LogP) is 1.45. The van der Waals surface area contributed by atoms with Crippen LogP contribution in [0.15, 0.2) is 30.9 Å². The maximum atomic E-state index is 11.2. The lowest BCUT2D eigenvalue weighted by Gasteiger charge is -2.02. The van der Waals surface area contributed by atoms with Crippen LogP contribution in [0.25, 0.3) is 0 Å². The van der Waals surface area contributed by atoms with Crippen LogP contribution in [0.4, 0.5) is 5.69 Å². The average Bonchev–Trinajstić information content (AvgIpc) is 3.06. The fourth-order valence-corrected chi connectivity index (χ4v) is 1.96. The number of amides is 1. The van der Waals surface area contributed by atoms with E-state index in [9.17, 15) is 4.79 Å². The van der Waals surface area contributed by atoms with Gasteiger partial charge in [-0.2, -0.15) is 5.10 Å². The molecule has 20 heavy (non-hydrogen) atoms. The summed E-state index contributed by atoms with van der Waals surface area (Å²) in [6, 6.07) is 2.11. The highest BCUT2D eigenvalue weighted by atomic mass is 16.1. The topological polar surface area (TPSA) is 63.9 Å². The fourth-order valence-electron chi connectivity index (χ4n) is 1.96. The smallest absolute Gasteiger partial charge is 0.241 e. The van der Waals surface area contributed by atoms with E-state index in [4.69, 9.17) is 0 Å². The zero-order chi connectivity index (χ0) is 14.4. The first-order chi connectivity index (χ1) is 9.71. The van der Waals surface area contributed by atoms with Gasteiger partial charge in [-0.15, -0.1) is 0 Å². The van der Waals surface area contributed by atoms with Crippen molar-refractivity contribution in [2.45, 2.75) is 33.0 Å². The van der Waals surface area contributed by atoms with E-state index in [1.807, 2.05) is 6.20 Å². The van der Waals surface area contributed by atoms with Crippen molar-refractivity contribution in [3.8, 4) is 0 Å². The van der Waals surface area contributed by atoms with Gasteiger partial charge in [-0.3, -0.25) is 9.48 Å². The highest BCUT2D eigenvalue weighted by Crippen LogP contribution is 2.09. The normalized spacial score (nSPS) is 10.5. The minimum absolute atomic E-state index is 0.0590. The number of rotatable bonds is 7. The van der Waals surface area contributed by atoms with E-state index in [0.29, 0.717) is 0 Å². The Morgan fingerprint density at radius 2 is 2.25 bits per heavy atom. The molecule has 0 fully saturated rings. The van der Waals surface area contributed by atoms with Gasteiger partial charge in [0.05, 0.1) is 11.9 Å². The number of hydrogen-bond acceptors (Lipinski definition) is 3. The summed E-state index contributed by atoms with van der Waals surface area (Å²) in [5.41, 5.74) is 2.15. The van der Waals surface area contributed by atoms with Crippen molar-refractivity contribution in [2.75, 3.05) is 12.4 Å². The first kappa shape index (κ1) is 14.2. The number of hydrogen-bond donors (Lipinski definition) is 2. The maximum Gasteiger partial charge on any atom is 0.241 e. The van der Waals surface area contributed by atoms with Crippen molar-refractivity contribution in [2.24, 2.45) is 0 Å². The van der Waals surface area contributed by atoms with E-state index in [0.717, 1.165) is 25.2 Å². The maximum absolute atomic E-state index is 11.2. The summed E-state index contributed by atoms with van der Waals surface area (Å²) in [6.07, 6.45) is 8.93. The van der Waals surface area contributed by atoms with E-state index in [1.165, 1.54) is 5.56 Å². The molecule has 2 aromatic rings. The lowest BCUT2D eigenvalue weighted by Crippen LogP contribution is -2.23. The minimum atomic E-state index is -0.0590. The molecule has 0 saturated carbocycles. The van der Waals surface area contributed by atoms with Gasteiger partial charge in [0.15, 0.2) is 0 Å². The highest BCUT2D eigenvalue weighted by molar-refractivity contribution is 5.75. The van der Waals surface area contributed by atoms with Crippen LogP contribution < -0.4 is 10.6 Å². The molecule has 0 atom stereocenters. The van der Waals surface area contributed by atoms with E-state index < -0.39 is 0 Å². The quantitative estimate of drug-likeness (QED) is 0.804. The van der Waals surface area contributed by atoms with Crippen LogP contribution in [-0.2, 0) is 24.4 Å². The number of carbonyl (C=O) groups excluding carboxylic acids is 1. The van der Waals surface area contributed by atoms with Gasteiger partial charge in [-0.05, 0) is 18.1 Å². The standard InChI is InChI=1S/C14H21N5O/c1-3-5-18-6-4-12(9-18)7-16-13-8-17-19(10-13)11-14(20)15-2/h4,6,8-10,16H,3,5,7,11H2,1-2H3,(H,15,20). The zero-order valence-electron chi connectivity index (χ0n) is 12.0. The lowest BCUT2D eigenvalue weighted by atomic mass is 10.3. The highest BCUT2D eigenvalue weighted by Gasteiger charge is 2.03. The molecule has 0 aliphatic carbocycles. The second-order valence-electron chi connectivity index (χ2n) is 4.71. The summed E-state index contributed by atoms with van der Waals surface area (Å²) >= 11 is 0. The number of carbonyl (C=O) groups is 1. The van der Waals surface area contributed by atoms with Gasteiger partial charge in [-0.1, -0.05) is 6.92 Å². The average molecular weight is 275 g/mol. The summed E-state index contributed by atoms with van der Waals surface area (Å²) in [4.78, 5) is 11.2. The van der Waals surface area contributed by atoms with Crippen LogP contribution >= 0.6 is 0 Å². The Bertz CT molecular complexity index is 557. The monoisotopic (exact) mass is 275 g/mol. The summed E-state index contributed by atoms with van der Waals surface area (Å²) in [5, 5.41) is 10.0. The van der Waals surface area contributed by atoms with Crippen molar-refractivity contribution in [3.05, 3.63) is 36.4 Å². The third-order valence-corrected chi connectivity index (χ3v) is 3.01. The molecule has 0 radical (unpaired) electrons. The third kappa shape index (κ3) is 3.88. The summed E-state index contributed by atoms with van der Waals surface area (Å²) in [7, 11) is 1.62. The Morgan fingerprint density at radius 3 is 3.00 bits per heavy atom. The van der Waals surface area contributed by atoms with Gasteiger partial charge in [0.2, 0.25) is 5.91 Å². The van der Waals surface area contributed by atoms with Crippen LogP contribution in [0.5, 0.6) is 0 Å². The molecule has 1 amide bonds. The van der Waals surface area contributed by atoms with Gasteiger partial charge in [0.25, 0.3) is 0 Å². The Labute approximate surface area is 118 Å². The molecule has 2 heterocycles. The fraction of sp³-hybridized carbons (Fsp3) is 0.429. The molecular formula is C14H21N5O. The van der Waals surface area contributed by atoms with Crippen molar-refractivity contribution in [1.82, 2.24) is 19.7 Å². The summed E-state index contributed by atoms with van der Waals surface area (Å²) in [5.74, 6) is -0.0590. The van der Waals surface area contributed by atoms with Crippen molar-refractivity contribution >= 4 is 11.6 Å². The number of anilines is 1. The third-order valence-electron chi connectivity index (χ3n) is 3.01. The van der Waals surface area contributed by atoms with E-state index >= 15 is 0 Å². The predicted molar refractivity (Wildman–Crippen MR) is 78.3 cm³/mol. The van der Waals surface area contributed by atoms with Crippen LogP contribution in [0.1, 0.15) is 18.9 Å². The van der Waals surface area contributed by atoms with Gasteiger partial charge >= 0.3 is 0 Å². The second-order valence-corrected chi connectivity index (χ2v) is 4.71. The molecule has 0 spiro atoms. The molecular weight excluding hydrogens is 254 g/mol. The molecule has 0 aliphatic heterocycles. The molecule has 108 valence electrons. The first-order valence-electron chi connectivity index (χ1n) is 6.83. The number of nitrogens with zero attached hydrogens (tertiary/aromatic N) is 3. The second kappa shape index (κ2) is 6.79. The molecule has 2 aromatic heterocycles. The Balaban J connectivity index is 1.85. The Kier molecular flexibility index (Phi) is 4.81. The van der Waals surface area contributed by atoms with E-state index in [2.05, 4.69) is 45.7 Å². The Morgan fingerprint density at radius 1 is 1.40 bits per heavy atom. The lowest BCUT2D eigenvalue weighted by molar-refractivity contribution is -0.121. The largest absolute Gasteiger partial charge is 0.378 e. The van der Waals surface area contributed by atoms with Gasteiger partial charge in [-0.25, -0.2) is 0 Å². The molecule has 6 nitrogen and oxygen atoms in total. The van der Waals surface area contributed by atoms with E-state index in [1.54, 1.807) is 17.9 Å². The van der Waals surface area contributed by atoms with E-state index in [-0.39, 0.29) is 12.5 Å². The summed E-state index contributed by atoms with van der Waals surface area (Å²) < 4.78 is 3.80. The van der Waals surface area contributed by atoms with Crippen LogP contribution in [0.2, 0.25) is 0 Å². The molecule has 2 N–H and O–H groups in total. The first-order valence-corrected chi connectivity index (χ1v) is 6.83. The van der Waals surface area contributed by atoms with Crippen molar-refractivity contribution < 1.29 is 4.79 Å². The number of likely N-dealkylation sites (N-methyl/N-ethyl adjacent to an activating group) is 1.